The first-order chi connectivity index (χ1) is 34.4. The van der Waals surface area contributed by atoms with Gasteiger partial charge in [-0.1, -0.05) is 68.8 Å². The maximum atomic E-state index is 14.1. The number of ether oxygens (including phenoxy) is 2. The molecule has 6 aromatic rings. The lowest BCUT2D eigenvalue weighted by atomic mass is 9.85. The number of hydrogen-bond donors (Lipinski definition) is 4. The average molecular weight is 1020 g/mol. The number of nitrogens with one attached hydrogen (secondary N) is 3. The van der Waals surface area contributed by atoms with E-state index in [1.165, 1.54) is 17.5 Å². The molecule has 4 N–H and O–H groups in total. The van der Waals surface area contributed by atoms with Crippen LogP contribution in [0.2, 0.25) is 5.02 Å². The number of aliphatic hydroxyl groups excluding tert-OH is 1. The quantitative estimate of drug-likeness (QED) is 0.0869. The van der Waals surface area contributed by atoms with Crippen molar-refractivity contribution in [2.75, 3.05) is 13.2 Å². The number of benzene rings is 2. The Morgan fingerprint density at radius 2 is 1.67 bits per heavy atom. The average Bonchev–Trinajstić information content (AvgIpc) is 4.11. The van der Waals surface area contributed by atoms with Gasteiger partial charge in [0.15, 0.2) is 24.6 Å². The Morgan fingerprint density at radius 1 is 0.931 bits per heavy atom. The molecule has 2 aromatic carbocycles. The number of thiophene rings is 1. The second-order valence-corrected chi connectivity index (χ2v) is 21.3. The summed E-state index contributed by atoms with van der Waals surface area (Å²) < 4.78 is 19.3. The zero-order chi connectivity index (χ0) is 51.0. The van der Waals surface area contributed by atoms with Crippen molar-refractivity contribution in [1.29, 1.82) is 0 Å². The smallest absolute Gasteiger partial charge is 0.258 e. The van der Waals surface area contributed by atoms with Crippen molar-refractivity contribution >= 4 is 52.3 Å². The number of oxazole rings is 1. The van der Waals surface area contributed by atoms with Gasteiger partial charge in [-0.05, 0) is 62.4 Å². The van der Waals surface area contributed by atoms with Gasteiger partial charge < -0.3 is 39.8 Å². The van der Waals surface area contributed by atoms with Crippen molar-refractivity contribution in [3.05, 3.63) is 123 Å². The zero-order valence-electron chi connectivity index (χ0n) is 41.1. The molecule has 20 heteroatoms. The summed E-state index contributed by atoms with van der Waals surface area (Å²) >= 11 is 7.91. The summed E-state index contributed by atoms with van der Waals surface area (Å²) in [6.07, 6.45) is 3.05. The number of aryl methyl sites for hydroxylation is 3. The standard InChI is InChI=1S/C52H57ClN10O8S/c1-27-29(3)72-51-44(27)45(32-12-14-34(53)15-13-32)58-39(48-61-60-30(4)63(48)51)21-41(65)57-35-18-38(19-35)71-43-17-16-37(23-54-43)69-25-42(66)59-47(52(5,6)7)50(68)62-24-36(64)20-40(62)49(67)55-22-31-8-10-33(11-9-31)46-28(2)56-26-70-46/h8-17,23,26,35-36,38-40,47,64H,18-22,24-25H2,1-7H3,(H,55,67)(H,57,65)(H,59,66)/t35-,36-,38+,39+,40+,47-/m1/s1. The highest BCUT2D eigenvalue weighted by Gasteiger charge is 2.45. The number of aromatic nitrogens is 5. The molecule has 0 radical (unpaired) electrons. The van der Waals surface area contributed by atoms with Crippen LogP contribution in [0.25, 0.3) is 16.3 Å². The normalized spacial score (nSPS) is 19.8. The summed E-state index contributed by atoms with van der Waals surface area (Å²) in [6, 6.07) is 15.7. The number of fused-ring (bicyclic) bond motifs is 3. The van der Waals surface area contributed by atoms with Gasteiger partial charge in [0.05, 0.1) is 30.1 Å². The van der Waals surface area contributed by atoms with Gasteiger partial charge in [-0.15, -0.1) is 21.5 Å². The van der Waals surface area contributed by atoms with Gasteiger partial charge in [0.2, 0.25) is 23.6 Å². The van der Waals surface area contributed by atoms with Gasteiger partial charge >= 0.3 is 0 Å². The lowest BCUT2D eigenvalue weighted by Gasteiger charge is -2.35. The Morgan fingerprint density at radius 3 is 2.35 bits per heavy atom. The molecule has 0 unspecified atom stereocenters. The summed E-state index contributed by atoms with van der Waals surface area (Å²) in [7, 11) is 0. The van der Waals surface area contributed by atoms with Gasteiger partial charge in [0, 0.05) is 71.1 Å². The molecule has 4 amide bonds. The van der Waals surface area contributed by atoms with Gasteiger partial charge in [-0.3, -0.25) is 28.7 Å². The monoisotopic (exact) mass is 1020 g/mol. The maximum Gasteiger partial charge on any atom is 0.258 e. The second-order valence-electron chi connectivity index (χ2n) is 19.6. The highest BCUT2D eigenvalue weighted by molar-refractivity contribution is 7.15. The molecule has 72 heavy (non-hydrogen) atoms. The van der Waals surface area contributed by atoms with Gasteiger partial charge in [-0.25, -0.2) is 9.97 Å². The van der Waals surface area contributed by atoms with Gasteiger partial charge in [0.1, 0.15) is 40.8 Å². The van der Waals surface area contributed by atoms with Crippen molar-refractivity contribution in [3.8, 4) is 28.0 Å². The molecular formula is C52H57ClN10O8S. The number of aliphatic hydroxyl groups is 1. The Labute approximate surface area is 425 Å². The van der Waals surface area contributed by atoms with E-state index in [1.54, 1.807) is 23.5 Å². The molecule has 6 heterocycles. The first kappa shape index (κ1) is 50.0. The number of hydrogen-bond acceptors (Lipinski definition) is 14. The van der Waals surface area contributed by atoms with E-state index in [4.69, 9.17) is 30.5 Å². The summed E-state index contributed by atoms with van der Waals surface area (Å²) in [6.45, 7) is 13.1. The van der Waals surface area contributed by atoms with Gasteiger partial charge in [0.25, 0.3) is 5.91 Å². The molecule has 2 fully saturated rings. The molecule has 9 rings (SSSR count). The minimum Gasteiger partial charge on any atom is -0.482 e. The number of rotatable bonds is 15. The minimum absolute atomic E-state index is 0.0531. The fourth-order valence-corrected chi connectivity index (χ4v) is 10.5. The molecular weight excluding hydrogens is 960 g/mol. The van der Waals surface area contributed by atoms with E-state index in [9.17, 15) is 24.3 Å². The number of halogens is 1. The van der Waals surface area contributed by atoms with E-state index in [2.05, 4.69) is 50.0 Å². The number of aliphatic imine (C=N–C) groups is 1. The minimum atomic E-state index is -1.03. The molecule has 2 aliphatic heterocycles. The molecule has 1 aliphatic carbocycles. The molecule has 3 aliphatic rings. The third-order valence-corrected chi connectivity index (χ3v) is 14.7. The Hall–Kier alpha value is -6.96. The van der Waals surface area contributed by atoms with Crippen LogP contribution < -0.4 is 25.4 Å². The molecule has 0 spiro atoms. The summed E-state index contributed by atoms with van der Waals surface area (Å²) in [5.74, 6) is 1.06. The van der Waals surface area contributed by atoms with Crippen LogP contribution in [-0.4, -0.2) is 108 Å². The molecule has 4 atom stereocenters. The number of carbonyl (C=O) groups excluding carboxylic acids is 4. The second kappa shape index (κ2) is 20.6. The lowest BCUT2D eigenvalue weighted by Crippen LogP contribution is -2.58. The van der Waals surface area contributed by atoms with E-state index in [-0.39, 0.29) is 44.0 Å². The molecule has 1 saturated carbocycles. The van der Waals surface area contributed by atoms with Crippen LogP contribution in [0.3, 0.4) is 0 Å². The largest absolute Gasteiger partial charge is 0.482 e. The van der Waals surface area contributed by atoms with Crippen molar-refractivity contribution in [2.24, 2.45) is 10.4 Å². The number of pyridine rings is 1. The zero-order valence-corrected chi connectivity index (χ0v) is 42.6. The lowest BCUT2D eigenvalue weighted by molar-refractivity contribution is -0.144. The molecule has 1 saturated heterocycles. The van der Waals surface area contributed by atoms with Crippen LogP contribution in [-0.2, 0) is 25.7 Å². The predicted octanol–water partition coefficient (Wildman–Crippen LogP) is 6.46. The van der Waals surface area contributed by atoms with Crippen LogP contribution >= 0.6 is 22.9 Å². The number of likely N-dealkylation sites (tertiary alicyclic amines) is 1. The van der Waals surface area contributed by atoms with Crippen molar-refractivity contribution < 1.29 is 38.2 Å². The van der Waals surface area contributed by atoms with E-state index in [0.717, 1.165) is 54.9 Å². The highest BCUT2D eigenvalue weighted by atomic mass is 35.5. The van der Waals surface area contributed by atoms with Crippen LogP contribution in [0, 0.1) is 33.1 Å². The number of carbonyl (C=O) groups is 4. The topological polar surface area (TPSA) is 228 Å². The van der Waals surface area contributed by atoms with Crippen molar-refractivity contribution in [3.63, 3.8) is 0 Å². The van der Waals surface area contributed by atoms with E-state index >= 15 is 0 Å². The van der Waals surface area contributed by atoms with Crippen LogP contribution in [0.5, 0.6) is 11.6 Å². The third-order valence-electron chi connectivity index (χ3n) is 13.3. The van der Waals surface area contributed by atoms with Crippen molar-refractivity contribution in [2.45, 2.75) is 117 Å². The van der Waals surface area contributed by atoms with Crippen LogP contribution in [0.4, 0.5) is 0 Å². The Balaban J connectivity index is 0.744. The van der Waals surface area contributed by atoms with E-state index in [0.29, 0.717) is 41.1 Å². The first-order valence-corrected chi connectivity index (χ1v) is 25.1. The number of amides is 4. The fraction of sp³-hybridized carbons (Fsp3) is 0.404. The van der Waals surface area contributed by atoms with Crippen LogP contribution in [0.15, 0.2) is 82.7 Å². The SMILES string of the molecule is Cc1ncoc1-c1ccc(CNC(=O)[C@@H]2C[C@@H](O)CN2C(=O)[C@@H](NC(=O)COc2ccc(O[C@H]3C[C@@H](NC(=O)C[C@@H]4N=C(c5ccc(Cl)cc5)c5c(sc(C)c5C)-n5c(C)nnc54)C3)nc2)C(C)(C)C)cc1. The molecule has 4 aromatic heterocycles. The third kappa shape index (κ3) is 10.8. The van der Waals surface area contributed by atoms with Crippen molar-refractivity contribution in [1.82, 2.24) is 45.6 Å². The van der Waals surface area contributed by atoms with Gasteiger partial charge in [-0.2, -0.15) is 0 Å². The molecule has 18 nitrogen and oxygen atoms in total. The number of nitrogens with zero attached hydrogens (tertiary/aromatic N) is 7. The molecule has 0 bridgehead atoms. The molecule has 376 valence electrons. The van der Waals surface area contributed by atoms with Crippen LogP contribution in [0.1, 0.15) is 97.0 Å². The maximum absolute atomic E-state index is 14.1. The fourth-order valence-electron chi connectivity index (χ4n) is 9.20. The summed E-state index contributed by atoms with van der Waals surface area (Å²) in [5.41, 5.74) is 5.50. The van der Waals surface area contributed by atoms with E-state index < -0.39 is 54.0 Å². The first-order valence-electron chi connectivity index (χ1n) is 23.9. The highest BCUT2D eigenvalue weighted by Crippen LogP contribution is 2.40. The Bertz CT molecular complexity index is 3010. The Kier molecular flexibility index (Phi) is 14.3. The summed E-state index contributed by atoms with van der Waals surface area (Å²) in [5, 5.41) is 30.0. The summed E-state index contributed by atoms with van der Waals surface area (Å²) in [4.78, 5) is 70.7. The number of β-amino-alcohol motifs (C(OH)–C–C–N with tert-alkyl or cyclic N) is 1. The predicted molar refractivity (Wildman–Crippen MR) is 269 cm³/mol. The van der Waals surface area contributed by atoms with E-state index in [1.807, 2.05) is 87.7 Å².